The molecule has 0 saturated heterocycles. The standard InChI is InChI=1S/C8H11N3/c9-7-1-2-8(10)6-4-11-3-5(6)7/h1-2,11H,3-4,9-10H2. The molecule has 1 aliphatic heterocycles. The minimum atomic E-state index is 0.846. The van der Waals surface area contributed by atoms with Gasteiger partial charge in [0.2, 0.25) is 0 Å². The fourth-order valence-electron chi connectivity index (χ4n) is 1.46. The van der Waals surface area contributed by atoms with Crippen molar-refractivity contribution in [2.45, 2.75) is 13.1 Å². The van der Waals surface area contributed by atoms with Crippen molar-refractivity contribution < 1.29 is 0 Å². The first kappa shape index (κ1) is 6.49. The monoisotopic (exact) mass is 149 g/mol. The minimum absolute atomic E-state index is 0.846. The van der Waals surface area contributed by atoms with Crippen molar-refractivity contribution in [2.24, 2.45) is 0 Å². The van der Waals surface area contributed by atoms with E-state index in [2.05, 4.69) is 5.32 Å². The summed E-state index contributed by atoms with van der Waals surface area (Å²) >= 11 is 0. The first-order valence-corrected chi connectivity index (χ1v) is 3.65. The Kier molecular flexibility index (Phi) is 1.26. The first-order chi connectivity index (χ1) is 5.29. The van der Waals surface area contributed by atoms with Crippen LogP contribution in [0.3, 0.4) is 0 Å². The highest BCUT2D eigenvalue weighted by molar-refractivity contribution is 5.63. The summed E-state index contributed by atoms with van der Waals surface area (Å²) in [6.45, 7) is 1.71. The van der Waals surface area contributed by atoms with Gasteiger partial charge in [-0.2, -0.15) is 0 Å². The van der Waals surface area contributed by atoms with Crippen molar-refractivity contribution in [2.75, 3.05) is 11.5 Å². The summed E-state index contributed by atoms with van der Waals surface area (Å²) in [5, 5.41) is 3.21. The van der Waals surface area contributed by atoms with Crippen LogP contribution in [0, 0.1) is 0 Å². The van der Waals surface area contributed by atoms with E-state index in [1.165, 1.54) is 11.1 Å². The maximum absolute atomic E-state index is 5.75. The van der Waals surface area contributed by atoms with Crippen molar-refractivity contribution in [1.82, 2.24) is 5.32 Å². The molecule has 1 aliphatic rings. The van der Waals surface area contributed by atoms with Gasteiger partial charge < -0.3 is 16.8 Å². The van der Waals surface area contributed by atoms with Gasteiger partial charge in [-0.1, -0.05) is 0 Å². The third kappa shape index (κ3) is 0.851. The van der Waals surface area contributed by atoms with Crippen molar-refractivity contribution in [1.29, 1.82) is 0 Å². The quantitative estimate of drug-likeness (QED) is 0.469. The second-order valence-electron chi connectivity index (χ2n) is 2.80. The van der Waals surface area contributed by atoms with Crippen LogP contribution in [0.2, 0.25) is 0 Å². The van der Waals surface area contributed by atoms with Crippen molar-refractivity contribution in [3.8, 4) is 0 Å². The zero-order valence-electron chi connectivity index (χ0n) is 6.22. The SMILES string of the molecule is Nc1ccc(N)c2c1CNC2. The lowest BCUT2D eigenvalue weighted by molar-refractivity contribution is 0.766. The van der Waals surface area contributed by atoms with Crippen molar-refractivity contribution >= 4 is 11.4 Å². The maximum atomic E-state index is 5.75. The molecule has 0 fully saturated rings. The Morgan fingerprint density at radius 3 is 1.91 bits per heavy atom. The summed E-state index contributed by atoms with van der Waals surface area (Å²) < 4.78 is 0. The molecule has 0 unspecified atom stereocenters. The molecule has 3 heteroatoms. The molecule has 0 radical (unpaired) electrons. The number of rotatable bonds is 0. The van der Waals surface area contributed by atoms with Crippen molar-refractivity contribution in [3.63, 3.8) is 0 Å². The van der Waals surface area contributed by atoms with Gasteiger partial charge in [0.25, 0.3) is 0 Å². The molecule has 0 saturated carbocycles. The topological polar surface area (TPSA) is 64.1 Å². The molecule has 1 aromatic rings. The molecule has 5 N–H and O–H groups in total. The summed E-state index contributed by atoms with van der Waals surface area (Å²) in [7, 11) is 0. The predicted molar refractivity (Wildman–Crippen MR) is 45.8 cm³/mol. The van der Waals surface area contributed by atoms with Crippen LogP contribution >= 0.6 is 0 Å². The summed E-state index contributed by atoms with van der Waals surface area (Å²) in [5.74, 6) is 0. The van der Waals surface area contributed by atoms with Crippen LogP contribution in [-0.4, -0.2) is 0 Å². The molecule has 1 heterocycles. The summed E-state index contributed by atoms with van der Waals surface area (Å²) in [4.78, 5) is 0. The Bertz CT molecular complexity index is 265. The molecule has 58 valence electrons. The highest BCUT2D eigenvalue weighted by Gasteiger charge is 2.14. The Balaban J connectivity index is 2.64. The van der Waals surface area contributed by atoms with Gasteiger partial charge in [-0.15, -0.1) is 0 Å². The van der Waals surface area contributed by atoms with Crippen LogP contribution in [-0.2, 0) is 13.1 Å². The fraction of sp³-hybridized carbons (Fsp3) is 0.250. The third-order valence-corrected chi connectivity index (χ3v) is 2.11. The third-order valence-electron chi connectivity index (χ3n) is 2.11. The van der Waals surface area contributed by atoms with Gasteiger partial charge in [0, 0.05) is 24.5 Å². The molecular weight excluding hydrogens is 138 g/mol. The van der Waals surface area contributed by atoms with Crippen LogP contribution < -0.4 is 16.8 Å². The number of hydrogen-bond acceptors (Lipinski definition) is 3. The second kappa shape index (κ2) is 2.13. The van der Waals surface area contributed by atoms with E-state index < -0.39 is 0 Å². The lowest BCUT2D eigenvalue weighted by atomic mass is 10.1. The van der Waals surface area contributed by atoms with Gasteiger partial charge in [0.1, 0.15) is 0 Å². The molecular formula is C8H11N3. The van der Waals surface area contributed by atoms with Gasteiger partial charge >= 0.3 is 0 Å². The molecule has 0 spiro atoms. The van der Waals surface area contributed by atoms with Crippen LogP contribution in [0.25, 0.3) is 0 Å². The number of nitrogens with one attached hydrogen (secondary N) is 1. The zero-order valence-corrected chi connectivity index (χ0v) is 6.22. The number of fused-ring (bicyclic) bond motifs is 1. The zero-order chi connectivity index (χ0) is 7.84. The van der Waals surface area contributed by atoms with Crippen LogP contribution in [0.15, 0.2) is 12.1 Å². The molecule has 0 bridgehead atoms. The number of anilines is 2. The van der Waals surface area contributed by atoms with Crippen molar-refractivity contribution in [3.05, 3.63) is 23.3 Å². The number of hydrogen-bond donors (Lipinski definition) is 3. The van der Waals surface area contributed by atoms with E-state index in [1.807, 2.05) is 12.1 Å². The second-order valence-corrected chi connectivity index (χ2v) is 2.80. The smallest absolute Gasteiger partial charge is 0.0364 e. The van der Waals surface area contributed by atoms with E-state index in [0.717, 1.165) is 24.5 Å². The largest absolute Gasteiger partial charge is 0.398 e. The Morgan fingerprint density at radius 2 is 1.45 bits per heavy atom. The van der Waals surface area contributed by atoms with E-state index in [1.54, 1.807) is 0 Å². The molecule has 0 aromatic heterocycles. The lowest BCUT2D eigenvalue weighted by Gasteiger charge is -2.04. The van der Waals surface area contributed by atoms with E-state index >= 15 is 0 Å². The van der Waals surface area contributed by atoms with Gasteiger partial charge in [0.05, 0.1) is 0 Å². The Labute approximate surface area is 65.4 Å². The van der Waals surface area contributed by atoms with E-state index in [9.17, 15) is 0 Å². The van der Waals surface area contributed by atoms with E-state index in [0.29, 0.717) is 0 Å². The predicted octanol–water partition coefficient (Wildman–Crippen LogP) is 0.454. The fourth-order valence-corrected chi connectivity index (χ4v) is 1.46. The average Bonchev–Trinajstić information content (AvgIpc) is 2.45. The summed E-state index contributed by atoms with van der Waals surface area (Å²) in [6, 6.07) is 3.72. The van der Waals surface area contributed by atoms with Crippen LogP contribution in [0.4, 0.5) is 11.4 Å². The minimum Gasteiger partial charge on any atom is -0.398 e. The molecule has 2 rings (SSSR count). The van der Waals surface area contributed by atoms with Gasteiger partial charge in [-0.05, 0) is 23.3 Å². The van der Waals surface area contributed by atoms with Crippen LogP contribution in [0.1, 0.15) is 11.1 Å². The molecule has 0 atom stereocenters. The van der Waals surface area contributed by atoms with E-state index in [-0.39, 0.29) is 0 Å². The molecule has 0 amide bonds. The maximum Gasteiger partial charge on any atom is 0.0364 e. The highest BCUT2D eigenvalue weighted by Crippen LogP contribution is 2.26. The van der Waals surface area contributed by atoms with E-state index in [4.69, 9.17) is 11.5 Å². The molecule has 3 nitrogen and oxygen atoms in total. The normalized spacial score (nSPS) is 14.9. The number of nitrogens with two attached hydrogens (primary N) is 2. The highest BCUT2D eigenvalue weighted by atomic mass is 14.9. The summed E-state index contributed by atoms with van der Waals surface area (Å²) in [5.41, 5.74) is 15.5. The first-order valence-electron chi connectivity index (χ1n) is 3.65. The van der Waals surface area contributed by atoms with Gasteiger partial charge in [-0.3, -0.25) is 0 Å². The summed E-state index contributed by atoms with van der Waals surface area (Å²) in [6.07, 6.45) is 0. The van der Waals surface area contributed by atoms with Crippen LogP contribution in [0.5, 0.6) is 0 Å². The Morgan fingerprint density at radius 1 is 1.00 bits per heavy atom. The van der Waals surface area contributed by atoms with Gasteiger partial charge in [0.15, 0.2) is 0 Å². The average molecular weight is 149 g/mol. The Hall–Kier alpha value is -1.22. The molecule has 11 heavy (non-hydrogen) atoms. The molecule has 1 aromatic carbocycles. The number of nitrogen functional groups attached to an aromatic ring is 2. The van der Waals surface area contributed by atoms with Gasteiger partial charge in [-0.25, -0.2) is 0 Å². The lowest BCUT2D eigenvalue weighted by Crippen LogP contribution is -2.01. The number of benzene rings is 1. The molecule has 0 aliphatic carbocycles.